The smallest absolute Gasteiger partial charge is 0.416 e. The van der Waals surface area contributed by atoms with E-state index in [9.17, 15) is 22.4 Å². The summed E-state index contributed by atoms with van der Waals surface area (Å²) in [6, 6.07) is 10.8. The Morgan fingerprint density at radius 1 is 0.971 bits per heavy atom. The highest BCUT2D eigenvalue weighted by molar-refractivity contribution is 5.91. The fraction of sp³-hybridized carbons (Fsp3) is 0.333. The molecular weight excluding hydrogens is 452 g/mol. The molecule has 0 spiro atoms. The standard InChI is InChI=1S/C24H26F4N4O2/c1-31(2)12-11-29-23(33)21-16-34-22(30-21)15-32(14-18-5-9-20(25)10-6-18)13-17-3-7-19(8-4-17)24(26,27)28/h3-10,16H,11-15H2,1-2H3,(H,29,33). The second-order valence-electron chi connectivity index (χ2n) is 8.15. The number of carbonyl (C=O) groups excluding carboxylic acids is 1. The molecule has 0 saturated carbocycles. The summed E-state index contributed by atoms with van der Waals surface area (Å²) in [6.07, 6.45) is -3.14. The van der Waals surface area contributed by atoms with E-state index < -0.39 is 11.7 Å². The highest BCUT2D eigenvalue weighted by atomic mass is 19.4. The minimum atomic E-state index is -4.41. The summed E-state index contributed by atoms with van der Waals surface area (Å²) in [5.74, 6) is -0.438. The number of nitrogens with one attached hydrogen (secondary N) is 1. The van der Waals surface area contributed by atoms with Gasteiger partial charge >= 0.3 is 6.18 Å². The van der Waals surface area contributed by atoms with Crippen molar-refractivity contribution >= 4 is 5.91 Å². The molecule has 1 aromatic heterocycles. The molecule has 0 atom stereocenters. The lowest BCUT2D eigenvalue weighted by molar-refractivity contribution is -0.137. The fourth-order valence-electron chi connectivity index (χ4n) is 3.24. The van der Waals surface area contributed by atoms with Gasteiger partial charge in [0.05, 0.1) is 12.1 Å². The zero-order valence-corrected chi connectivity index (χ0v) is 18.9. The van der Waals surface area contributed by atoms with Gasteiger partial charge in [-0.2, -0.15) is 13.2 Å². The second-order valence-corrected chi connectivity index (χ2v) is 8.15. The van der Waals surface area contributed by atoms with Gasteiger partial charge in [0.15, 0.2) is 5.69 Å². The van der Waals surface area contributed by atoms with E-state index in [2.05, 4.69) is 10.3 Å². The van der Waals surface area contributed by atoms with Crippen molar-refractivity contribution in [2.75, 3.05) is 27.2 Å². The molecular formula is C24H26F4N4O2. The number of likely N-dealkylation sites (N-methyl/N-ethyl adjacent to an activating group) is 1. The van der Waals surface area contributed by atoms with Gasteiger partial charge in [-0.1, -0.05) is 24.3 Å². The van der Waals surface area contributed by atoms with Crippen LogP contribution in [0.25, 0.3) is 0 Å². The summed E-state index contributed by atoms with van der Waals surface area (Å²) in [4.78, 5) is 20.3. The van der Waals surface area contributed by atoms with Gasteiger partial charge in [-0.15, -0.1) is 0 Å². The number of hydrogen-bond donors (Lipinski definition) is 1. The Morgan fingerprint density at radius 3 is 2.12 bits per heavy atom. The maximum Gasteiger partial charge on any atom is 0.416 e. The Kier molecular flexibility index (Phi) is 8.41. The number of alkyl halides is 3. The molecule has 6 nitrogen and oxygen atoms in total. The highest BCUT2D eigenvalue weighted by Crippen LogP contribution is 2.29. The summed E-state index contributed by atoms with van der Waals surface area (Å²) >= 11 is 0. The van der Waals surface area contributed by atoms with Crippen molar-refractivity contribution in [3.63, 3.8) is 0 Å². The first-order valence-electron chi connectivity index (χ1n) is 10.6. The van der Waals surface area contributed by atoms with E-state index in [1.807, 2.05) is 23.9 Å². The van der Waals surface area contributed by atoms with Crippen LogP contribution in [-0.2, 0) is 25.8 Å². The highest BCUT2D eigenvalue weighted by Gasteiger charge is 2.30. The van der Waals surface area contributed by atoms with Crippen LogP contribution in [0.3, 0.4) is 0 Å². The molecule has 34 heavy (non-hydrogen) atoms. The molecule has 1 heterocycles. The van der Waals surface area contributed by atoms with E-state index in [4.69, 9.17) is 4.42 Å². The summed E-state index contributed by atoms with van der Waals surface area (Å²) in [5.41, 5.74) is 0.883. The molecule has 10 heteroatoms. The monoisotopic (exact) mass is 478 g/mol. The van der Waals surface area contributed by atoms with Crippen LogP contribution in [0.4, 0.5) is 17.6 Å². The van der Waals surface area contributed by atoms with Crippen molar-refractivity contribution < 1.29 is 26.8 Å². The van der Waals surface area contributed by atoms with Crippen LogP contribution in [0.5, 0.6) is 0 Å². The number of nitrogens with zero attached hydrogens (tertiary/aromatic N) is 3. The first-order chi connectivity index (χ1) is 16.1. The lowest BCUT2D eigenvalue weighted by atomic mass is 10.1. The van der Waals surface area contributed by atoms with E-state index in [1.54, 1.807) is 12.1 Å². The molecule has 0 bridgehead atoms. The van der Waals surface area contributed by atoms with Crippen molar-refractivity contribution in [2.45, 2.75) is 25.8 Å². The summed E-state index contributed by atoms with van der Waals surface area (Å²) in [5, 5.41) is 2.76. The van der Waals surface area contributed by atoms with Gasteiger partial charge in [0.1, 0.15) is 12.1 Å². The van der Waals surface area contributed by atoms with Gasteiger partial charge in [-0.3, -0.25) is 9.69 Å². The number of oxazole rings is 1. The minimum Gasteiger partial charge on any atom is -0.447 e. The average Bonchev–Trinajstić information content (AvgIpc) is 3.23. The third-order valence-electron chi connectivity index (χ3n) is 4.99. The van der Waals surface area contributed by atoms with Crippen molar-refractivity contribution in [3.05, 3.63) is 88.9 Å². The number of hydrogen-bond acceptors (Lipinski definition) is 5. The van der Waals surface area contributed by atoms with Crippen LogP contribution in [0.2, 0.25) is 0 Å². The number of halogens is 4. The van der Waals surface area contributed by atoms with E-state index in [0.717, 1.165) is 17.7 Å². The van der Waals surface area contributed by atoms with E-state index >= 15 is 0 Å². The lowest BCUT2D eigenvalue weighted by Crippen LogP contribution is -2.31. The Hall–Kier alpha value is -3.24. The first-order valence-corrected chi connectivity index (χ1v) is 10.6. The summed E-state index contributed by atoms with van der Waals surface area (Å²) < 4.78 is 57.4. The van der Waals surface area contributed by atoms with Crippen LogP contribution in [0, 0.1) is 5.82 Å². The molecule has 0 fully saturated rings. The third kappa shape index (κ3) is 7.67. The van der Waals surface area contributed by atoms with Gasteiger partial charge in [-0.25, -0.2) is 9.37 Å². The Bertz CT molecular complexity index is 1060. The van der Waals surface area contributed by atoms with Crippen molar-refractivity contribution in [2.24, 2.45) is 0 Å². The van der Waals surface area contributed by atoms with Crippen LogP contribution < -0.4 is 5.32 Å². The zero-order chi connectivity index (χ0) is 24.7. The lowest BCUT2D eigenvalue weighted by Gasteiger charge is -2.21. The molecule has 0 aliphatic heterocycles. The average molecular weight is 478 g/mol. The Labute approximate surface area is 195 Å². The predicted octanol–water partition coefficient (Wildman–Crippen LogP) is 4.33. The third-order valence-corrected chi connectivity index (χ3v) is 4.99. The van der Waals surface area contributed by atoms with Crippen LogP contribution in [0.1, 0.15) is 33.1 Å². The van der Waals surface area contributed by atoms with Gasteiger partial charge < -0.3 is 14.6 Å². The molecule has 1 N–H and O–H groups in total. The van der Waals surface area contributed by atoms with Gasteiger partial charge in [-0.05, 0) is 49.5 Å². The molecule has 0 unspecified atom stereocenters. The number of benzene rings is 2. The molecule has 2 aromatic carbocycles. The van der Waals surface area contributed by atoms with Crippen molar-refractivity contribution in [1.82, 2.24) is 20.1 Å². The molecule has 0 aliphatic carbocycles. The molecule has 182 valence electrons. The molecule has 3 aromatic rings. The Morgan fingerprint density at radius 2 is 1.56 bits per heavy atom. The quantitative estimate of drug-likeness (QED) is 0.440. The van der Waals surface area contributed by atoms with Gasteiger partial charge in [0.25, 0.3) is 5.91 Å². The number of amides is 1. The normalized spacial score (nSPS) is 11.9. The van der Waals surface area contributed by atoms with Crippen LogP contribution in [-0.4, -0.2) is 47.9 Å². The summed E-state index contributed by atoms with van der Waals surface area (Å²) in [6.45, 7) is 1.99. The SMILES string of the molecule is CN(C)CCNC(=O)c1coc(CN(Cc2ccc(F)cc2)Cc2ccc(C(F)(F)F)cc2)n1. The summed E-state index contributed by atoms with van der Waals surface area (Å²) in [7, 11) is 3.79. The first kappa shape index (κ1) is 25.4. The predicted molar refractivity (Wildman–Crippen MR) is 118 cm³/mol. The largest absolute Gasteiger partial charge is 0.447 e. The molecule has 0 saturated heterocycles. The maximum atomic E-state index is 13.3. The minimum absolute atomic E-state index is 0.144. The second kappa shape index (κ2) is 11.3. The van der Waals surface area contributed by atoms with E-state index in [1.165, 1.54) is 30.5 Å². The number of rotatable bonds is 10. The molecule has 0 radical (unpaired) electrons. The van der Waals surface area contributed by atoms with Gasteiger partial charge in [0, 0.05) is 26.2 Å². The van der Waals surface area contributed by atoms with E-state index in [-0.39, 0.29) is 29.9 Å². The zero-order valence-electron chi connectivity index (χ0n) is 18.9. The van der Waals surface area contributed by atoms with Crippen LogP contribution in [0.15, 0.2) is 59.2 Å². The Balaban J connectivity index is 1.72. The number of aromatic nitrogens is 1. The topological polar surface area (TPSA) is 61.6 Å². The van der Waals surface area contributed by atoms with Crippen LogP contribution >= 0.6 is 0 Å². The maximum absolute atomic E-state index is 13.3. The molecule has 1 amide bonds. The van der Waals surface area contributed by atoms with Crippen molar-refractivity contribution in [1.29, 1.82) is 0 Å². The van der Waals surface area contributed by atoms with E-state index in [0.29, 0.717) is 31.7 Å². The van der Waals surface area contributed by atoms with Crippen molar-refractivity contribution in [3.8, 4) is 0 Å². The fourth-order valence-corrected chi connectivity index (χ4v) is 3.24. The van der Waals surface area contributed by atoms with Gasteiger partial charge in [0.2, 0.25) is 5.89 Å². The molecule has 3 rings (SSSR count). The number of carbonyl (C=O) groups is 1. The molecule has 0 aliphatic rings.